The molecule has 1 amide bonds. The van der Waals surface area contributed by atoms with Crippen LogP contribution in [0.4, 0.5) is 10.1 Å². The highest BCUT2D eigenvalue weighted by molar-refractivity contribution is 8.01. The zero-order valence-electron chi connectivity index (χ0n) is 16.0. The number of hydrogen-bond acceptors (Lipinski definition) is 9. The molecular weight excluding hydrogens is 426 g/mol. The molecular formula is C19H23N5O2S3. The van der Waals surface area contributed by atoms with Gasteiger partial charge in [0.25, 0.3) is 0 Å². The van der Waals surface area contributed by atoms with E-state index in [2.05, 4.69) is 26.9 Å². The van der Waals surface area contributed by atoms with Crippen LogP contribution < -0.4 is 10.6 Å². The monoisotopic (exact) mass is 449 g/mol. The van der Waals surface area contributed by atoms with Gasteiger partial charge in [0, 0.05) is 30.2 Å². The van der Waals surface area contributed by atoms with Gasteiger partial charge in [-0.1, -0.05) is 23.1 Å². The number of amides is 1. The predicted octanol–water partition coefficient (Wildman–Crippen LogP) is 4.06. The van der Waals surface area contributed by atoms with E-state index in [1.54, 1.807) is 11.3 Å². The zero-order chi connectivity index (χ0) is 20.1. The van der Waals surface area contributed by atoms with Crippen LogP contribution in [0.2, 0.25) is 0 Å². The summed E-state index contributed by atoms with van der Waals surface area (Å²) in [6.45, 7) is 1.60. The molecule has 2 aliphatic rings. The van der Waals surface area contributed by atoms with Crippen LogP contribution >= 0.6 is 34.4 Å². The molecule has 2 N–H and O–H groups in total. The lowest BCUT2D eigenvalue weighted by molar-refractivity contribution is -0.115. The molecule has 2 aromatic rings. The van der Waals surface area contributed by atoms with Crippen LogP contribution in [-0.2, 0) is 22.4 Å². The molecule has 0 spiro atoms. The van der Waals surface area contributed by atoms with Crippen molar-refractivity contribution in [1.82, 2.24) is 10.2 Å². The third-order valence-electron chi connectivity index (χ3n) is 5.00. The molecule has 1 atom stereocenters. The molecule has 1 fully saturated rings. The van der Waals surface area contributed by atoms with E-state index in [9.17, 15) is 10.1 Å². The van der Waals surface area contributed by atoms with E-state index in [1.165, 1.54) is 28.0 Å². The lowest BCUT2D eigenvalue weighted by Gasteiger charge is -2.09. The Kier molecular flexibility index (Phi) is 7.02. The Hall–Kier alpha value is -1.67. The van der Waals surface area contributed by atoms with Crippen LogP contribution in [0.3, 0.4) is 0 Å². The third kappa shape index (κ3) is 5.28. The molecule has 1 unspecified atom stereocenters. The minimum Gasteiger partial charge on any atom is -0.376 e. The number of hydrogen-bond donors (Lipinski definition) is 2. The summed E-state index contributed by atoms with van der Waals surface area (Å²) in [5.74, 6) is 0.563. The van der Waals surface area contributed by atoms with Crippen molar-refractivity contribution in [3.63, 3.8) is 0 Å². The number of thiophene rings is 1. The molecule has 29 heavy (non-hydrogen) atoms. The highest BCUT2D eigenvalue weighted by atomic mass is 32.2. The maximum Gasteiger partial charge on any atom is 0.225 e. The first kappa shape index (κ1) is 20.6. The molecule has 1 aliphatic heterocycles. The van der Waals surface area contributed by atoms with Crippen molar-refractivity contribution in [2.24, 2.45) is 0 Å². The fourth-order valence-corrected chi connectivity index (χ4v) is 6.56. The highest BCUT2D eigenvalue weighted by Gasteiger charge is 2.22. The van der Waals surface area contributed by atoms with Gasteiger partial charge >= 0.3 is 0 Å². The van der Waals surface area contributed by atoms with E-state index < -0.39 is 0 Å². The number of thioether (sulfide) groups is 1. The number of anilines is 2. The van der Waals surface area contributed by atoms with Crippen molar-refractivity contribution < 1.29 is 9.53 Å². The standard InChI is InChI=1S/C19H23N5O2S3/c20-10-14-13-5-1-2-6-15(13)28-17(14)22-16(25)7-9-27-19-24-23-18(29-19)21-11-12-4-3-8-26-12/h12H,1-9,11H2,(H,21,23)(H,22,25). The Morgan fingerprint density at radius 2 is 2.17 bits per heavy atom. The Morgan fingerprint density at radius 3 is 3.00 bits per heavy atom. The Bertz CT molecular complexity index is 898. The van der Waals surface area contributed by atoms with Gasteiger partial charge in [-0.15, -0.1) is 21.5 Å². The number of aryl methyl sites for hydroxylation is 1. The van der Waals surface area contributed by atoms with Gasteiger partial charge < -0.3 is 15.4 Å². The molecule has 10 heteroatoms. The third-order valence-corrected chi connectivity index (χ3v) is 8.23. The average Bonchev–Trinajstić information content (AvgIpc) is 3.46. The lowest BCUT2D eigenvalue weighted by atomic mass is 9.96. The highest BCUT2D eigenvalue weighted by Crippen LogP contribution is 2.37. The number of nitrogens with one attached hydrogen (secondary N) is 2. The number of carbonyl (C=O) groups is 1. The van der Waals surface area contributed by atoms with Gasteiger partial charge in [-0.05, 0) is 44.1 Å². The van der Waals surface area contributed by atoms with Crippen LogP contribution in [0.25, 0.3) is 0 Å². The Morgan fingerprint density at radius 1 is 1.28 bits per heavy atom. The second kappa shape index (κ2) is 9.89. The number of rotatable bonds is 8. The van der Waals surface area contributed by atoms with Crippen molar-refractivity contribution in [2.75, 3.05) is 29.5 Å². The molecule has 0 bridgehead atoms. The molecule has 0 radical (unpaired) electrons. The summed E-state index contributed by atoms with van der Waals surface area (Å²) in [6.07, 6.45) is 7.08. The fraction of sp³-hybridized carbons (Fsp3) is 0.579. The second-order valence-electron chi connectivity index (χ2n) is 7.06. The number of nitrogens with zero attached hydrogens (tertiary/aromatic N) is 3. The van der Waals surface area contributed by atoms with Gasteiger partial charge in [0.2, 0.25) is 11.0 Å². The van der Waals surface area contributed by atoms with Crippen LogP contribution in [0.15, 0.2) is 4.34 Å². The maximum absolute atomic E-state index is 12.4. The number of fused-ring (bicyclic) bond motifs is 1. The van der Waals surface area contributed by atoms with Crippen molar-refractivity contribution in [3.8, 4) is 6.07 Å². The molecule has 154 valence electrons. The minimum atomic E-state index is -0.0613. The summed E-state index contributed by atoms with van der Waals surface area (Å²) in [7, 11) is 0. The minimum absolute atomic E-state index is 0.0613. The van der Waals surface area contributed by atoms with E-state index >= 15 is 0 Å². The second-order valence-corrected chi connectivity index (χ2v) is 10.5. The van der Waals surface area contributed by atoms with Crippen molar-refractivity contribution in [3.05, 3.63) is 16.0 Å². The topological polar surface area (TPSA) is 99.9 Å². The van der Waals surface area contributed by atoms with E-state index in [0.717, 1.165) is 66.7 Å². The van der Waals surface area contributed by atoms with E-state index in [-0.39, 0.29) is 12.0 Å². The molecule has 1 saturated heterocycles. The molecule has 3 heterocycles. The van der Waals surface area contributed by atoms with Gasteiger partial charge in [0.1, 0.15) is 11.1 Å². The van der Waals surface area contributed by atoms with E-state index in [0.29, 0.717) is 22.7 Å². The van der Waals surface area contributed by atoms with Crippen molar-refractivity contribution >= 4 is 50.5 Å². The summed E-state index contributed by atoms with van der Waals surface area (Å²) < 4.78 is 6.43. The molecule has 2 aromatic heterocycles. The molecule has 0 aromatic carbocycles. The first-order chi connectivity index (χ1) is 14.2. The predicted molar refractivity (Wildman–Crippen MR) is 117 cm³/mol. The van der Waals surface area contributed by atoms with Crippen molar-refractivity contribution in [2.45, 2.75) is 55.4 Å². The molecule has 0 saturated carbocycles. The molecule has 1 aliphatic carbocycles. The number of ether oxygens (including phenoxy) is 1. The first-order valence-electron chi connectivity index (χ1n) is 9.89. The Labute approximate surface area is 182 Å². The summed E-state index contributed by atoms with van der Waals surface area (Å²) in [5.41, 5.74) is 1.81. The van der Waals surface area contributed by atoms with Gasteiger partial charge in [-0.25, -0.2) is 0 Å². The normalized spacial score (nSPS) is 18.2. The largest absolute Gasteiger partial charge is 0.376 e. The number of aromatic nitrogens is 2. The van der Waals surface area contributed by atoms with Crippen LogP contribution in [-0.4, -0.2) is 41.1 Å². The zero-order valence-corrected chi connectivity index (χ0v) is 18.5. The molecule has 7 nitrogen and oxygen atoms in total. The Balaban J connectivity index is 1.22. The quantitative estimate of drug-likeness (QED) is 0.586. The summed E-state index contributed by atoms with van der Waals surface area (Å²) in [4.78, 5) is 13.6. The van der Waals surface area contributed by atoms with Crippen molar-refractivity contribution in [1.29, 1.82) is 5.26 Å². The van der Waals surface area contributed by atoms with Crippen LogP contribution in [0.1, 0.15) is 48.1 Å². The van der Waals surface area contributed by atoms with Gasteiger partial charge in [0.15, 0.2) is 4.34 Å². The maximum atomic E-state index is 12.4. The summed E-state index contributed by atoms with van der Waals surface area (Å²) >= 11 is 4.59. The first-order valence-corrected chi connectivity index (χ1v) is 12.5. The van der Waals surface area contributed by atoms with E-state index in [1.807, 2.05) is 0 Å². The molecule has 4 rings (SSSR count). The van der Waals surface area contributed by atoms with Gasteiger partial charge in [-0.2, -0.15) is 5.26 Å². The lowest BCUT2D eigenvalue weighted by Crippen LogP contribution is -2.18. The number of carbonyl (C=O) groups excluding carboxylic acids is 1. The van der Waals surface area contributed by atoms with Crippen LogP contribution in [0.5, 0.6) is 0 Å². The fourth-order valence-electron chi connectivity index (χ4n) is 3.54. The van der Waals surface area contributed by atoms with Crippen LogP contribution in [0, 0.1) is 11.3 Å². The van der Waals surface area contributed by atoms with Gasteiger partial charge in [-0.3, -0.25) is 4.79 Å². The number of nitriles is 1. The summed E-state index contributed by atoms with van der Waals surface area (Å²) in [6, 6.07) is 2.28. The average molecular weight is 450 g/mol. The SMILES string of the molecule is N#Cc1c(NC(=O)CCSc2nnc(NCC3CCCO3)s2)sc2c1CCCC2. The smallest absolute Gasteiger partial charge is 0.225 e. The van der Waals surface area contributed by atoms with Gasteiger partial charge in [0.05, 0.1) is 11.7 Å². The van der Waals surface area contributed by atoms with E-state index in [4.69, 9.17) is 4.74 Å². The summed E-state index contributed by atoms with van der Waals surface area (Å²) in [5, 5.41) is 25.5.